The highest BCUT2D eigenvalue weighted by molar-refractivity contribution is 5.92. The highest BCUT2D eigenvalue weighted by Gasteiger charge is 2.25. The van der Waals surface area contributed by atoms with Gasteiger partial charge in [-0.2, -0.15) is 0 Å². The molecule has 2 atom stereocenters. The van der Waals surface area contributed by atoms with Crippen LogP contribution in [0.5, 0.6) is 5.75 Å². The quantitative estimate of drug-likeness (QED) is 0.251. The van der Waals surface area contributed by atoms with Crippen LogP contribution in [0, 0.1) is 0 Å². The highest BCUT2D eigenvalue weighted by Crippen LogP contribution is 2.43. The van der Waals surface area contributed by atoms with Crippen molar-refractivity contribution in [1.29, 1.82) is 0 Å². The summed E-state index contributed by atoms with van der Waals surface area (Å²) in [5.74, 6) is 3.77. The van der Waals surface area contributed by atoms with Crippen molar-refractivity contribution < 1.29 is 9.15 Å². The molecule has 2 fully saturated rings. The van der Waals surface area contributed by atoms with Crippen LogP contribution in [0.2, 0.25) is 0 Å². The molecule has 8 nitrogen and oxygen atoms in total. The Balaban J connectivity index is 1.14. The van der Waals surface area contributed by atoms with Crippen molar-refractivity contribution >= 4 is 11.0 Å². The fourth-order valence-electron chi connectivity index (χ4n) is 6.20. The predicted octanol–water partition coefficient (Wildman–Crippen LogP) is 5.66. The Labute approximate surface area is 220 Å². The number of ether oxygens (including phenoxy) is 1. The number of aromatic amines is 2. The molecule has 38 heavy (non-hydrogen) atoms. The van der Waals surface area contributed by atoms with Crippen LogP contribution in [0.3, 0.4) is 0 Å². The van der Waals surface area contributed by atoms with Crippen molar-refractivity contribution in [3.05, 3.63) is 66.0 Å². The Kier molecular flexibility index (Phi) is 5.16. The molecule has 192 valence electrons. The minimum absolute atomic E-state index is 0.316. The summed E-state index contributed by atoms with van der Waals surface area (Å²) in [7, 11) is 0. The Morgan fingerprint density at radius 3 is 2.16 bits per heavy atom. The Morgan fingerprint density at radius 2 is 1.47 bits per heavy atom. The summed E-state index contributed by atoms with van der Waals surface area (Å²) in [6.07, 6.45) is 9.29. The van der Waals surface area contributed by atoms with Crippen LogP contribution in [0.1, 0.15) is 55.0 Å². The van der Waals surface area contributed by atoms with E-state index >= 15 is 0 Å². The molecule has 2 aromatic carbocycles. The zero-order valence-electron chi connectivity index (χ0n) is 21.1. The van der Waals surface area contributed by atoms with E-state index in [2.05, 4.69) is 67.0 Å². The van der Waals surface area contributed by atoms with Gasteiger partial charge in [-0.1, -0.05) is 6.07 Å². The summed E-state index contributed by atoms with van der Waals surface area (Å²) < 4.78 is 12.7. The molecule has 0 amide bonds. The zero-order chi connectivity index (χ0) is 25.1. The van der Waals surface area contributed by atoms with Gasteiger partial charge < -0.3 is 29.8 Å². The first-order chi connectivity index (χ1) is 18.8. The minimum Gasteiger partial charge on any atom is -0.492 e. The molecule has 0 radical (unpaired) electrons. The first kappa shape index (κ1) is 22.1. The molecule has 4 N–H and O–H groups in total. The van der Waals surface area contributed by atoms with Crippen LogP contribution in [0.4, 0.5) is 0 Å². The Hall–Kier alpha value is -3.88. The number of nitrogens with zero attached hydrogens (tertiary/aromatic N) is 2. The number of benzene rings is 2. The van der Waals surface area contributed by atoms with Gasteiger partial charge in [0, 0.05) is 28.5 Å². The fraction of sp³-hybridized carbons (Fsp3) is 0.333. The lowest BCUT2D eigenvalue weighted by atomic mass is 10.0. The predicted molar refractivity (Wildman–Crippen MR) is 146 cm³/mol. The molecule has 0 saturated carbocycles. The molecule has 3 aliphatic heterocycles. The van der Waals surface area contributed by atoms with E-state index in [1.54, 1.807) is 0 Å². The molecule has 3 aliphatic rings. The molecule has 6 heterocycles. The summed E-state index contributed by atoms with van der Waals surface area (Å²) in [6, 6.07) is 13.4. The molecular weight excluding hydrogens is 476 g/mol. The van der Waals surface area contributed by atoms with Gasteiger partial charge in [0.15, 0.2) is 0 Å². The largest absolute Gasteiger partial charge is 0.492 e. The fourth-order valence-corrected chi connectivity index (χ4v) is 6.20. The number of hydrogen-bond donors (Lipinski definition) is 4. The van der Waals surface area contributed by atoms with Crippen LogP contribution in [0.15, 0.2) is 53.2 Å². The summed E-state index contributed by atoms with van der Waals surface area (Å²) in [5, 5.41) is 8.16. The maximum Gasteiger partial charge on any atom is 0.142 e. The molecule has 5 aromatic rings. The zero-order valence-corrected chi connectivity index (χ0v) is 21.1. The second-order valence-corrected chi connectivity index (χ2v) is 10.6. The third-order valence-corrected chi connectivity index (χ3v) is 8.22. The lowest BCUT2D eigenvalue weighted by Gasteiger charge is -2.09. The molecule has 0 bridgehead atoms. The molecule has 0 spiro atoms. The van der Waals surface area contributed by atoms with Crippen molar-refractivity contribution in [2.75, 3.05) is 19.7 Å². The van der Waals surface area contributed by atoms with Gasteiger partial charge in [0.05, 0.1) is 48.0 Å². The van der Waals surface area contributed by atoms with Crippen LogP contribution in [-0.2, 0) is 6.42 Å². The molecule has 8 heteroatoms. The summed E-state index contributed by atoms with van der Waals surface area (Å²) in [6.45, 7) is 2.71. The van der Waals surface area contributed by atoms with E-state index in [9.17, 15) is 0 Å². The summed E-state index contributed by atoms with van der Waals surface area (Å²) in [5.41, 5.74) is 7.31. The molecule has 8 rings (SSSR count). The maximum atomic E-state index is 6.45. The normalized spacial score (nSPS) is 20.8. The molecule has 2 saturated heterocycles. The maximum absolute atomic E-state index is 6.45. The lowest BCUT2D eigenvalue weighted by molar-refractivity contribution is 0.327. The van der Waals surface area contributed by atoms with Crippen LogP contribution in [0.25, 0.3) is 44.8 Å². The first-order valence-corrected chi connectivity index (χ1v) is 13.7. The van der Waals surface area contributed by atoms with Gasteiger partial charge in [-0.15, -0.1) is 0 Å². The second kappa shape index (κ2) is 8.85. The number of nitrogens with one attached hydrogen (secondary N) is 4. The van der Waals surface area contributed by atoms with Crippen molar-refractivity contribution in [1.82, 2.24) is 30.6 Å². The van der Waals surface area contributed by atoms with E-state index in [0.29, 0.717) is 18.7 Å². The van der Waals surface area contributed by atoms with E-state index in [1.165, 1.54) is 18.4 Å². The number of H-pyrrole nitrogens is 2. The van der Waals surface area contributed by atoms with Gasteiger partial charge in [0.25, 0.3) is 0 Å². The molecular formula is C30H30N6O2. The van der Waals surface area contributed by atoms with Gasteiger partial charge in [-0.05, 0) is 69.1 Å². The van der Waals surface area contributed by atoms with Crippen LogP contribution < -0.4 is 15.4 Å². The number of hydrogen-bond acceptors (Lipinski definition) is 6. The Bertz CT molecular complexity index is 1630. The van der Waals surface area contributed by atoms with E-state index in [4.69, 9.17) is 9.15 Å². The van der Waals surface area contributed by atoms with Crippen molar-refractivity contribution in [3.63, 3.8) is 0 Å². The van der Waals surface area contributed by atoms with Crippen LogP contribution >= 0.6 is 0 Å². The van der Waals surface area contributed by atoms with Crippen molar-refractivity contribution in [2.24, 2.45) is 0 Å². The lowest BCUT2D eigenvalue weighted by Crippen LogP contribution is -2.14. The monoisotopic (exact) mass is 506 g/mol. The molecule has 3 aromatic heterocycles. The SMILES string of the molecule is c1cc2c(cc1-c1cnc([C@@H]3CCCN3)[nH]1)OCCc1c-2oc2ccc(-c3cnc([C@@H]4CCCN4)[nH]3)cc12. The highest BCUT2D eigenvalue weighted by atomic mass is 16.5. The number of fused-ring (bicyclic) bond motifs is 5. The number of imidazole rings is 2. The third kappa shape index (κ3) is 3.67. The van der Waals surface area contributed by atoms with Crippen molar-refractivity contribution in [3.8, 4) is 39.6 Å². The van der Waals surface area contributed by atoms with Crippen molar-refractivity contribution in [2.45, 2.75) is 44.2 Å². The van der Waals surface area contributed by atoms with Gasteiger partial charge in [0.1, 0.15) is 28.7 Å². The topological polar surface area (TPSA) is 104 Å². The van der Waals surface area contributed by atoms with Gasteiger partial charge in [0.2, 0.25) is 0 Å². The van der Waals surface area contributed by atoms with Gasteiger partial charge >= 0.3 is 0 Å². The standard InChI is InChI=1S/C30H30N6O2/c1-3-22(31-10-1)29-33-15-24(35-29)17-6-8-26-21(13-17)19-9-12-37-27-14-18(5-7-20(27)28(19)38-26)25-16-34-30(36-25)23-4-2-11-32-23/h5-8,13-16,22-23,31-32H,1-4,9-12H2,(H,33,35)(H,34,36)/t22-,23-/m0/s1. The van der Waals surface area contributed by atoms with Gasteiger partial charge in [-0.25, -0.2) is 9.97 Å². The average molecular weight is 507 g/mol. The second-order valence-electron chi connectivity index (χ2n) is 10.6. The minimum atomic E-state index is 0.316. The number of rotatable bonds is 4. The third-order valence-electron chi connectivity index (χ3n) is 8.22. The molecule has 0 unspecified atom stereocenters. The van der Waals surface area contributed by atoms with E-state index < -0.39 is 0 Å². The average Bonchev–Trinajstić information content (AvgIpc) is 3.77. The first-order valence-electron chi connectivity index (χ1n) is 13.7. The summed E-state index contributed by atoms with van der Waals surface area (Å²) in [4.78, 5) is 16.3. The smallest absolute Gasteiger partial charge is 0.142 e. The number of furan rings is 1. The van der Waals surface area contributed by atoms with E-state index in [0.717, 1.165) is 94.6 Å². The number of aromatic nitrogens is 4. The summed E-state index contributed by atoms with van der Waals surface area (Å²) >= 11 is 0. The molecule has 0 aliphatic carbocycles. The van der Waals surface area contributed by atoms with Crippen LogP contribution in [-0.4, -0.2) is 39.6 Å². The van der Waals surface area contributed by atoms with E-state index in [1.807, 2.05) is 12.4 Å². The Morgan fingerprint density at radius 1 is 0.789 bits per heavy atom. The van der Waals surface area contributed by atoms with E-state index in [-0.39, 0.29) is 0 Å². The van der Waals surface area contributed by atoms with Gasteiger partial charge in [-0.3, -0.25) is 0 Å².